The van der Waals surface area contributed by atoms with Crippen molar-refractivity contribution in [2.75, 3.05) is 25.5 Å². The number of nitrogens with zero attached hydrogens (tertiary/aromatic N) is 6. The van der Waals surface area contributed by atoms with E-state index in [0.717, 1.165) is 53.7 Å². The van der Waals surface area contributed by atoms with Crippen LogP contribution in [0.2, 0.25) is 5.02 Å². The molecule has 0 spiro atoms. The van der Waals surface area contributed by atoms with E-state index in [1.165, 1.54) is 5.56 Å². The number of halogens is 1. The van der Waals surface area contributed by atoms with Crippen LogP contribution in [0.15, 0.2) is 42.9 Å². The first-order chi connectivity index (χ1) is 13.5. The van der Waals surface area contributed by atoms with Gasteiger partial charge >= 0.3 is 0 Å². The van der Waals surface area contributed by atoms with Gasteiger partial charge in [0.05, 0.1) is 17.9 Å². The zero-order valence-electron chi connectivity index (χ0n) is 16.5. The average molecular weight is 397 g/mol. The zero-order valence-corrected chi connectivity index (χ0v) is 17.3. The Morgan fingerprint density at radius 2 is 1.96 bits per heavy atom. The van der Waals surface area contributed by atoms with Crippen LogP contribution >= 0.6 is 11.6 Å². The maximum absolute atomic E-state index is 6.09. The highest BCUT2D eigenvalue weighted by Crippen LogP contribution is 2.38. The summed E-state index contributed by atoms with van der Waals surface area (Å²) in [6.07, 6.45) is 8.22. The van der Waals surface area contributed by atoms with Crippen molar-refractivity contribution in [3.8, 4) is 11.1 Å². The molecule has 0 bridgehead atoms. The summed E-state index contributed by atoms with van der Waals surface area (Å²) in [6, 6.07) is 8.18. The monoisotopic (exact) mass is 396 g/mol. The van der Waals surface area contributed by atoms with E-state index >= 15 is 0 Å². The van der Waals surface area contributed by atoms with Crippen LogP contribution in [0, 0.1) is 0 Å². The lowest BCUT2D eigenvalue weighted by molar-refractivity contribution is 0.245. The van der Waals surface area contributed by atoms with Crippen molar-refractivity contribution in [2.45, 2.75) is 25.4 Å². The number of anilines is 1. The molecule has 1 saturated heterocycles. The Kier molecular flexibility index (Phi) is 5.33. The molecule has 1 aromatic carbocycles. The van der Waals surface area contributed by atoms with Crippen LogP contribution in [0.1, 0.15) is 30.1 Å². The first-order valence-corrected chi connectivity index (χ1v) is 9.91. The minimum atomic E-state index is 0.257. The normalized spacial score (nSPS) is 17.2. The maximum atomic E-state index is 6.09. The van der Waals surface area contributed by atoms with Crippen LogP contribution < -0.4 is 4.90 Å². The van der Waals surface area contributed by atoms with Gasteiger partial charge in [-0.25, -0.2) is 9.97 Å². The fourth-order valence-corrected chi connectivity index (χ4v) is 3.95. The van der Waals surface area contributed by atoms with Gasteiger partial charge in [0.1, 0.15) is 0 Å². The summed E-state index contributed by atoms with van der Waals surface area (Å²) in [5.74, 6) is 0.737. The SMILES string of the molecule is CN(C)c1ncc(-c2ccc(Cl)cc2)c(C2CCCN2Cc2cnn(C)c2)n1. The van der Waals surface area contributed by atoms with Gasteiger partial charge in [-0.05, 0) is 37.1 Å². The molecule has 0 amide bonds. The van der Waals surface area contributed by atoms with Gasteiger partial charge in [-0.3, -0.25) is 9.58 Å². The third-order valence-electron chi connectivity index (χ3n) is 5.18. The molecule has 0 aliphatic carbocycles. The quantitative estimate of drug-likeness (QED) is 0.653. The molecule has 146 valence electrons. The number of rotatable bonds is 5. The third kappa shape index (κ3) is 3.88. The lowest BCUT2D eigenvalue weighted by atomic mass is 9.99. The number of hydrogen-bond donors (Lipinski definition) is 0. The van der Waals surface area contributed by atoms with Gasteiger partial charge in [0.15, 0.2) is 0 Å². The molecule has 1 fully saturated rings. The van der Waals surface area contributed by atoms with Gasteiger partial charge in [0, 0.05) is 56.2 Å². The highest BCUT2D eigenvalue weighted by molar-refractivity contribution is 6.30. The van der Waals surface area contributed by atoms with Crippen molar-refractivity contribution in [1.82, 2.24) is 24.6 Å². The fraction of sp³-hybridized carbons (Fsp3) is 0.381. The highest BCUT2D eigenvalue weighted by Gasteiger charge is 2.30. The molecule has 1 unspecified atom stereocenters. The van der Waals surface area contributed by atoms with E-state index in [1.807, 2.05) is 67.4 Å². The molecule has 2 aromatic heterocycles. The summed E-state index contributed by atoms with van der Waals surface area (Å²) in [7, 11) is 5.91. The minimum absolute atomic E-state index is 0.257. The number of aryl methyl sites for hydroxylation is 1. The Labute approximate surface area is 170 Å². The Morgan fingerprint density at radius 1 is 1.18 bits per heavy atom. The standard InChI is InChI=1S/C21H25ClN6/c1-26(2)21-23-12-18(16-6-8-17(22)9-7-16)20(25-21)19-5-4-10-28(19)14-15-11-24-27(3)13-15/h6-9,11-13,19H,4-5,10,14H2,1-3H3. The molecular formula is C21H25ClN6. The Hall–Kier alpha value is -2.44. The average Bonchev–Trinajstić information content (AvgIpc) is 3.31. The van der Waals surface area contributed by atoms with Gasteiger partial charge in [-0.15, -0.1) is 0 Å². The number of benzene rings is 1. The summed E-state index contributed by atoms with van der Waals surface area (Å²) in [5, 5.41) is 5.04. The van der Waals surface area contributed by atoms with Gasteiger partial charge in [0.2, 0.25) is 5.95 Å². The molecule has 28 heavy (non-hydrogen) atoms. The summed E-state index contributed by atoms with van der Waals surface area (Å²) in [5.41, 5.74) is 4.48. The van der Waals surface area contributed by atoms with E-state index in [1.54, 1.807) is 0 Å². The molecular weight excluding hydrogens is 372 g/mol. The Morgan fingerprint density at radius 3 is 2.64 bits per heavy atom. The van der Waals surface area contributed by atoms with Gasteiger partial charge in [-0.1, -0.05) is 23.7 Å². The van der Waals surface area contributed by atoms with E-state index in [4.69, 9.17) is 16.6 Å². The molecule has 4 rings (SSSR count). The Bertz CT molecular complexity index is 950. The molecule has 6 nitrogen and oxygen atoms in total. The molecule has 0 saturated carbocycles. The van der Waals surface area contributed by atoms with E-state index in [0.29, 0.717) is 0 Å². The zero-order chi connectivity index (χ0) is 19.7. The van der Waals surface area contributed by atoms with Crippen molar-refractivity contribution in [3.05, 3.63) is 59.1 Å². The van der Waals surface area contributed by atoms with Crippen LogP contribution in [0.5, 0.6) is 0 Å². The highest BCUT2D eigenvalue weighted by atomic mass is 35.5. The van der Waals surface area contributed by atoms with Crippen LogP contribution in [0.25, 0.3) is 11.1 Å². The second kappa shape index (κ2) is 7.89. The molecule has 3 aromatic rings. The van der Waals surface area contributed by atoms with Gasteiger partial charge in [-0.2, -0.15) is 5.10 Å². The molecule has 1 atom stereocenters. The summed E-state index contributed by atoms with van der Waals surface area (Å²) in [4.78, 5) is 14.0. The van der Waals surface area contributed by atoms with E-state index in [2.05, 4.69) is 21.2 Å². The molecule has 1 aliphatic rings. The van der Waals surface area contributed by atoms with Crippen LogP contribution in [0.3, 0.4) is 0 Å². The Balaban J connectivity index is 1.73. The maximum Gasteiger partial charge on any atom is 0.225 e. The smallest absolute Gasteiger partial charge is 0.225 e. The van der Waals surface area contributed by atoms with Crippen LogP contribution in [-0.2, 0) is 13.6 Å². The topological polar surface area (TPSA) is 50.1 Å². The summed E-state index contributed by atoms with van der Waals surface area (Å²) < 4.78 is 1.86. The summed E-state index contributed by atoms with van der Waals surface area (Å²) >= 11 is 6.09. The second-order valence-corrected chi connectivity index (χ2v) is 7.96. The lowest BCUT2D eigenvalue weighted by Gasteiger charge is -2.26. The second-order valence-electron chi connectivity index (χ2n) is 7.52. The fourth-order valence-electron chi connectivity index (χ4n) is 3.82. The molecule has 7 heteroatoms. The van der Waals surface area contributed by atoms with Crippen LogP contribution in [-0.4, -0.2) is 45.3 Å². The van der Waals surface area contributed by atoms with Gasteiger partial charge < -0.3 is 4.90 Å². The van der Waals surface area contributed by atoms with Crippen LogP contribution in [0.4, 0.5) is 5.95 Å². The summed E-state index contributed by atoms with van der Waals surface area (Å²) in [6.45, 7) is 1.93. The van der Waals surface area contributed by atoms with Crippen molar-refractivity contribution < 1.29 is 0 Å². The number of aromatic nitrogens is 4. The number of likely N-dealkylation sites (tertiary alicyclic amines) is 1. The first-order valence-electron chi connectivity index (χ1n) is 9.53. The lowest BCUT2D eigenvalue weighted by Crippen LogP contribution is -2.25. The van der Waals surface area contributed by atoms with Crippen molar-refractivity contribution in [2.24, 2.45) is 7.05 Å². The predicted molar refractivity (Wildman–Crippen MR) is 112 cm³/mol. The van der Waals surface area contributed by atoms with Gasteiger partial charge in [0.25, 0.3) is 0 Å². The molecule has 1 aliphatic heterocycles. The molecule has 0 N–H and O–H groups in total. The first kappa shape index (κ1) is 18.9. The molecule has 3 heterocycles. The predicted octanol–water partition coefficient (Wildman–Crippen LogP) is 3.93. The van der Waals surface area contributed by atoms with Crippen molar-refractivity contribution in [1.29, 1.82) is 0 Å². The van der Waals surface area contributed by atoms with E-state index in [-0.39, 0.29) is 6.04 Å². The largest absolute Gasteiger partial charge is 0.347 e. The molecule has 0 radical (unpaired) electrons. The van der Waals surface area contributed by atoms with Crippen molar-refractivity contribution in [3.63, 3.8) is 0 Å². The third-order valence-corrected chi connectivity index (χ3v) is 5.44. The number of hydrogen-bond acceptors (Lipinski definition) is 5. The minimum Gasteiger partial charge on any atom is -0.347 e. The van der Waals surface area contributed by atoms with Crippen molar-refractivity contribution >= 4 is 17.5 Å². The van der Waals surface area contributed by atoms with E-state index in [9.17, 15) is 0 Å². The van der Waals surface area contributed by atoms with E-state index < -0.39 is 0 Å².